The minimum absolute atomic E-state index is 0.0930. The van der Waals surface area contributed by atoms with Gasteiger partial charge in [-0.05, 0) is 25.1 Å². The Morgan fingerprint density at radius 1 is 1.22 bits per heavy atom. The van der Waals surface area contributed by atoms with E-state index in [-0.39, 0.29) is 12.5 Å². The molecule has 0 atom stereocenters. The third-order valence-corrected chi connectivity index (χ3v) is 3.40. The zero-order valence-corrected chi connectivity index (χ0v) is 13.1. The lowest BCUT2D eigenvalue weighted by Crippen LogP contribution is -2.05. The Morgan fingerprint density at radius 3 is 2.74 bits per heavy atom. The van der Waals surface area contributed by atoms with E-state index in [9.17, 15) is 4.79 Å². The van der Waals surface area contributed by atoms with Crippen LogP contribution in [0.4, 0.5) is 0 Å². The van der Waals surface area contributed by atoms with Gasteiger partial charge in [0.15, 0.2) is 6.61 Å². The quantitative estimate of drug-likeness (QED) is 0.676. The van der Waals surface area contributed by atoms with Crippen molar-refractivity contribution < 1.29 is 14.1 Å². The molecule has 2 aromatic carbocycles. The number of aryl methyl sites for hydroxylation is 1. The summed E-state index contributed by atoms with van der Waals surface area (Å²) in [5.41, 5.74) is 2.36. The van der Waals surface area contributed by atoms with Crippen molar-refractivity contribution in [2.24, 2.45) is 0 Å². The first kappa shape index (κ1) is 15.2. The van der Waals surface area contributed by atoms with E-state index < -0.39 is 5.97 Å². The first-order valence-electron chi connectivity index (χ1n) is 6.94. The summed E-state index contributed by atoms with van der Waals surface area (Å²) < 4.78 is 10.2. The number of aromatic nitrogens is 2. The Hall–Kier alpha value is -2.66. The van der Waals surface area contributed by atoms with Crippen LogP contribution in [0.25, 0.3) is 11.4 Å². The molecule has 23 heavy (non-hydrogen) atoms. The van der Waals surface area contributed by atoms with E-state index in [4.69, 9.17) is 20.9 Å². The van der Waals surface area contributed by atoms with Gasteiger partial charge in [-0.2, -0.15) is 4.98 Å². The van der Waals surface area contributed by atoms with E-state index in [1.165, 1.54) is 6.07 Å². The van der Waals surface area contributed by atoms with Crippen LogP contribution in [0.15, 0.2) is 53.1 Å². The van der Waals surface area contributed by atoms with Gasteiger partial charge in [0.1, 0.15) is 0 Å². The lowest BCUT2D eigenvalue weighted by molar-refractivity contribution is 0.0430. The zero-order valence-electron chi connectivity index (χ0n) is 12.3. The number of esters is 1. The zero-order chi connectivity index (χ0) is 16.2. The summed E-state index contributed by atoms with van der Waals surface area (Å²) >= 11 is 5.84. The van der Waals surface area contributed by atoms with Crippen LogP contribution in [-0.2, 0) is 11.3 Å². The van der Waals surface area contributed by atoms with Crippen molar-refractivity contribution in [1.82, 2.24) is 10.1 Å². The highest BCUT2D eigenvalue weighted by Gasteiger charge is 2.12. The van der Waals surface area contributed by atoms with Crippen LogP contribution < -0.4 is 0 Å². The predicted octanol–water partition coefficient (Wildman–Crippen LogP) is 4.06. The van der Waals surface area contributed by atoms with Gasteiger partial charge in [0.2, 0.25) is 5.82 Å². The molecule has 0 saturated heterocycles. The van der Waals surface area contributed by atoms with Crippen LogP contribution in [0.1, 0.15) is 21.8 Å². The Bertz CT molecular complexity index is 828. The molecule has 0 aliphatic carbocycles. The molecular weight excluding hydrogens is 316 g/mol. The number of hydrogen-bond acceptors (Lipinski definition) is 5. The standard InChI is InChI=1S/C17H13ClN2O3/c1-11-5-7-12(8-6-11)16-19-15(23-20-16)10-22-17(21)13-3-2-4-14(18)9-13/h2-9H,10H2,1H3. The molecule has 5 nitrogen and oxygen atoms in total. The van der Waals surface area contributed by atoms with Gasteiger partial charge >= 0.3 is 5.97 Å². The molecule has 0 radical (unpaired) electrons. The molecule has 1 heterocycles. The summed E-state index contributed by atoms with van der Waals surface area (Å²) in [4.78, 5) is 16.1. The van der Waals surface area contributed by atoms with Crippen LogP contribution in [0.2, 0.25) is 5.02 Å². The van der Waals surface area contributed by atoms with Crippen molar-refractivity contribution in [3.05, 3.63) is 70.6 Å². The summed E-state index contributed by atoms with van der Waals surface area (Å²) in [6.45, 7) is 1.91. The van der Waals surface area contributed by atoms with Crippen molar-refractivity contribution in [1.29, 1.82) is 0 Å². The first-order chi connectivity index (χ1) is 11.1. The molecule has 116 valence electrons. The Labute approximate surface area is 137 Å². The highest BCUT2D eigenvalue weighted by Crippen LogP contribution is 2.17. The van der Waals surface area contributed by atoms with Crippen molar-refractivity contribution in [2.45, 2.75) is 13.5 Å². The van der Waals surface area contributed by atoms with Crippen LogP contribution in [0, 0.1) is 6.92 Å². The van der Waals surface area contributed by atoms with E-state index in [1.807, 2.05) is 31.2 Å². The van der Waals surface area contributed by atoms with Gasteiger partial charge < -0.3 is 9.26 Å². The number of carbonyl (C=O) groups is 1. The lowest BCUT2D eigenvalue weighted by Gasteiger charge is -2.01. The van der Waals surface area contributed by atoms with Crippen molar-refractivity contribution in [3.63, 3.8) is 0 Å². The predicted molar refractivity (Wildman–Crippen MR) is 85.0 cm³/mol. The first-order valence-corrected chi connectivity index (χ1v) is 7.32. The number of ether oxygens (including phenoxy) is 1. The molecule has 0 saturated carbocycles. The highest BCUT2D eigenvalue weighted by atomic mass is 35.5. The Kier molecular flexibility index (Phi) is 4.39. The third-order valence-electron chi connectivity index (χ3n) is 3.16. The van der Waals surface area contributed by atoms with Crippen LogP contribution in [0.5, 0.6) is 0 Å². The van der Waals surface area contributed by atoms with Crippen LogP contribution >= 0.6 is 11.6 Å². The summed E-state index contributed by atoms with van der Waals surface area (Å²) in [6.07, 6.45) is 0. The molecule has 3 aromatic rings. The van der Waals surface area contributed by atoms with E-state index in [0.29, 0.717) is 16.4 Å². The molecule has 0 unspecified atom stereocenters. The molecule has 1 aromatic heterocycles. The van der Waals surface area contributed by atoms with Crippen molar-refractivity contribution in [3.8, 4) is 11.4 Å². The van der Waals surface area contributed by atoms with Gasteiger partial charge in [-0.25, -0.2) is 4.79 Å². The molecule has 0 amide bonds. The van der Waals surface area contributed by atoms with Crippen LogP contribution in [-0.4, -0.2) is 16.1 Å². The van der Waals surface area contributed by atoms with Gasteiger partial charge in [0.05, 0.1) is 5.56 Å². The van der Waals surface area contributed by atoms with Crippen LogP contribution in [0.3, 0.4) is 0 Å². The number of nitrogens with zero attached hydrogens (tertiary/aromatic N) is 2. The molecule has 0 aliphatic heterocycles. The highest BCUT2D eigenvalue weighted by molar-refractivity contribution is 6.30. The van der Waals surface area contributed by atoms with Gasteiger partial charge in [0.25, 0.3) is 5.89 Å². The summed E-state index contributed by atoms with van der Waals surface area (Å²) in [5.74, 6) is 0.192. The van der Waals surface area contributed by atoms with Crippen molar-refractivity contribution >= 4 is 17.6 Å². The van der Waals surface area contributed by atoms with Gasteiger partial charge in [-0.15, -0.1) is 0 Å². The second kappa shape index (κ2) is 6.62. The summed E-state index contributed by atoms with van der Waals surface area (Å²) in [6, 6.07) is 14.3. The van der Waals surface area contributed by atoms with Gasteiger partial charge in [-0.1, -0.05) is 52.7 Å². The maximum Gasteiger partial charge on any atom is 0.338 e. The molecular formula is C17H13ClN2O3. The van der Waals surface area contributed by atoms with E-state index in [0.717, 1.165) is 11.1 Å². The van der Waals surface area contributed by atoms with E-state index in [2.05, 4.69) is 10.1 Å². The number of carbonyl (C=O) groups excluding carboxylic acids is 1. The molecule has 0 bridgehead atoms. The second-order valence-electron chi connectivity index (χ2n) is 4.96. The monoisotopic (exact) mass is 328 g/mol. The minimum Gasteiger partial charge on any atom is -0.452 e. The number of benzene rings is 2. The Balaban J connectivity index is 1.65. The van der Waals surface area contributed by atoms with Gasteiger partial charge in [0, 0.05) is 10.6 Å². The normalized spacial score (nSPS) is 10.5. The molecule has 6 heteroatoms. The molecule has 0 spiro atoms. The topological polar surface area (TPSA) is 65.2 Å². The molecule has 0 fully saturated rings. The third kappa shape index (κ3) is 3.76. The number of rotatable bonds is 4. The minimum atomic E-state index is -0.498. The Morgan fingerprint density at radius 2 is 2.00 bits per heavy atom. The van der Waals surface area contributed by atoms with Crippen molar-refractivity contribution in [2.75, 3.05) is 0 Å². The average Bonchev–Trinajstić information content (AvgIpc) is 3.02. The van der Waals surface area contributed by atoms with E-state index >= 15 is 0 Å². The van der Waals surface area contributed by atoms with Gasteiger partial charge in [-0.3, -0.25) is 0 Å². The fraction of sp³-hybridized carbons (Fsp3) is 0.118. The summed E-state index contributed by atoms with van der Waals surface area (Å²) in [7, 11) is 0. The maximum atomic E-state index is 11.9. The molecule has 3 rings (SSSR count). The van der Waals surface area contributed by atoms with E-state index in [1.54, 1.807) is 18.2 Å². The number of halogens is 1. The maximum absolute atomic E-state index is 11.9. The fourth-order valence-corrected chi connectivity index (χ4v) is 2.15. The smallest absolute Gasteiger partial charge is 0.338 e. The molecule has 0 N–H and O–H groups in total. The lowest BCUT2D eigenvalue weighted by atomic mass is 10.1. The SMILES string of the molecule is Cc1ccc(-c2noc(COC(=O)c3cccc(Cl)c3)n2)cc1. The second-order valence-corrected chi connectivity index (χ2v) is 5.40. The summed E-state index contributed by atoms with van der Waals surface area (Å²) in [5, 5.41) is 4.35. The number of hydrogen-bond donors (Lipinski definition) is 0. The average molecular weight is 329 g/mol. The fourth-order valence-electron chi connectivity index (χ4n) is 1.96. The molecule has 0 aliphatic rings. The largest absolute Gasteiger partial charge is 0.452 e.